The van der Waals surface area contributed by atoms with Gasteiger partial charge in [-0.2, -0.15) is 10.1 Å². The molecule has 5 rings (SSSR count). The molecular weight excluding hydrogens is 408 g/mol. The molecule has 3 heterocycles. The van der Waals surface area contributed by atoms with E-state index in [-0.39, 0.29) is 5.56 Å². The summed E-state index contributed by atoms with van der Waals surface area (Å²) in [4.78, 5) is 22.9. The van der Waals surface area contributed by atoms with Crippen molar-refractivity contribution in [3.8, 4) is 0 Å². The zero-order valence-electron chi connectivity index (χ0n) is 17.2. The van der Waals surface area contributed by atoms with Crippen LogP contribution in [-0.2, 0) is 4.74 Å². The van der Waals surface area contributed by atoms with Gasteiger partial charge in [0.15, 0.2) is 0 Å². The minimum atomic E-state index is -0.614. The fourth-order valence-electron chi connectivity index (χ4n) is 3.58. The highest BCUT2D eigenvalue weighted by Gasteiger charge is 2.14. The minimum absolute atomic E-state index is 0.197. The maximum atomic E-state index is 11.9. The predicted molar refractivity (Wildman–Crippen MR) is 123 cm³/mol. The van der Waals surface area contributed by atoms with Crippen LogP contribution >= 0.6 is 0 Å². The number of carbonyl (C=O) groups excluding carboxylic acids is 1. The molecule has 0 unspecified atom stereocenters. The average molecular weight is 430 g/mol. The molecule has 1 amide bonds. The molecule has 4 aromatic rings. The molecule has 0 aliphatic carbocycles. The van der Waals surface area contributed by atoms with Crippen LogP contribution in [0.25, 0.3) is 10.9 Å². The van der Waals surface area contributed by atoms with Gasteiger partial charge in [0.2, 0.25) is 5.95 Å². The lowest BCUT2D eigenvalue weighted by atomic mass is 10.2. The van der Waals surface area contributed by atoms with Crippen LogP contribution in [0.3, 0.4) is 0 Å². The number of carbonyl (C=O) groups is 1. The van der Waals surface area contributed by atoms with Crippen LogP contribution in [0.15, 0.2) is 54.9 Å². The van der Waals surface area contributed by atoms with Crippen LogP contribution in [0.4, 0.5) is 28.8 Å². The zero-order valence-corrected chi connectivity index (χ0v) is 17.2. The summed E-state index contributed by atoms with van der Waals surface area (Å²) >= 11 is 0. The van der Waals surface area contributed by atoms with Gasteiger partial charge < -0.3 is 26.0 Å². The SMILES string of the molecule is NC(=O)c1cnc(Nc2ccc(N3CCOCC3)cc2)nc1Nc1ccc2cn[nH]c2c1. The molecule has 1 saturated heterocycles. The highest BCUT2D eigenvalue weighted by molar-refractivity contribution is 5.98. The lowest BCUT2D eigenvalue weighted by Gasteiger charge is -2.28. The quantitative estimate of drug-likeness (QED) is 0.367. The number of hydrogen-bond donors (Lipinski definition) is 4. The van der Waals surface area contributed by atoms with Crippen molar-refractivity contribution in [1.82, 2.24) is 20.2 Å². The third kappa shape index (κ3) is 4.16. The maximum Gasteiger partial charge on any atom is 0.254 e. The number of benzene rings is 2. The van der Waals surface area contributed by atoms with E-state index in [0.29, 0.717) is 11.8 Å². The number of fused-ring (bicyclic) bond motifs is 1. The second-order valence-corrected chi connectivity index (χ2v) is 7.39. The molecule has 1 aliphatic rings. The molecule has 10 nitrogen and oxygen atoms in total. The number of anilines is 5. The fourth-order valence-corrected chi connectivity index (χ4v) is 3.58. The number of nitrogens with zero attached hydrogens (tertiary/aromatic N) is 4. The van der Waals surface area contributed by atoms with Crippen LogP contribution in [0.2, 0.25) is 0 Å². The largest absolute Gasteiger partial charge is 0.378 e. The number of ether oxygens (including phenoxy) is 1. The van der Waals surface area contributed by atoms with E-state index >= 15 is 0 Å². The van der Waals surface area contributed by atoms with Crippen molar-refractivity contribution in [3.63, 3.8) is 0 Å². The summed E-state index contributed by atoms with van der Waals surface area (Å²) in [5.74, 6) is 0.0505. The lowest BCUT2D eigenvalue weighted by Crippen LogP contribution is -2.36. The van der Waals surface area contributed by atoms with Gasteiger partial charge in [0.25, 0.3) is 5.91 Å². The van der Waals surface area contributed by atoms with Crippen molar-refractivity contribution in [2.45, 2.75) is 0 Å². The maximum absolute atomic E-state index is 11.9. The molecule has 162 valence electrons. The van der Waals surface area contributed by atoms with E-state index in [2.05, 4.69) is 35.7 Å². The van der Waals surface area contributed by atoms with Crippen molar-refractivity contribution in [3.05, 3.63) is 60.4 Å². The Morgan fingerprint density at radius 2 is 1.81 bits per heavy atom. The Kier molecular flexibility index (Phi) is 5.26. The van der Waals surface area contributed by atoms with Gasteiger partial charge in [-0.1, -0.05) is 0 Å². The van der Waals surface area contributed by atoms with E-state index in [9.17, 15) is 4.79 Å². The molecular formula is C22H22N8O2. The summed E-state index contributed by atoms with van der Waals surface area (Å²) in [6, 6.07) is 13.7. The normalized spacial score (nSPS) is 13.8. The third-order valence-electron chi connectivity index (χ3n) is 5.26. The van der Waals surface area contributed by atoms with E-state index in [1.807, 2.05) is 42.5 Å². The fraction of sp³-hybridized carbons (Fsp3) is 0.182. The second kappa shape index (κ2) is 8.52. The average Bonchev–Trinajstić information content (AvgIpc) is 3.28. The van der Waals surface area contributed by atoms with Crippen LogP contribution < -0.4 is 21.3 Å². The van der Waals surface area contributed by atoms with Crippen molar-refractivity contribution in [2.24, 2.45) is 5.73 Å². The van der Waals surface area contributed by atoms with E-state index in [4.69, 9.17) is 10.5 Å². The Hall–Kier alpha value is -4.18. The van der Waals surface area contributed by atoms with Crippen LogP contribution in [0.1, 0.15) is 10.4 Å². The van der Waals surface area contributed by atoms with E-state index in [1.165, 1.54) is 6.20 Å². The van der Waals surface area contributed by atoms with Gasteiger partial charge in [0.1, 0.15) is 11.4 Å². The van der Waals surface area contributed by atoms with Gasteiger partial charge in [-0.15, -0.1) is 0 Å². The number of nitrogens with two attached hydrogens (primary N) is 1. The Morgan fingerprint density at radius 1 is 1.03 bits per heavy atom. The number of H-pyrrole nitrogens is 1. The van der Waals surface area contributed by atoms with Crippen LogP contribution in [0, 0.1) is 0 Å². The standard InChI is InChI=1S/C22H22N8O2/c23-20(31)18-13-24-22(27-15-3-5-17(6-4-15)30-7-9-32-10-8-30)28-21(18)26-16-2-1-14-12-25-29-19(14)11-16/h1-6,11-13H,7-10H2,(H2,23,31)(H,25,29)(H2,24,26,27,28). The zero-order chi connectivity index (χ0) is 21.9. The summed E-state index contributed by atoms with van der Waals surface area (Å²) in [6.45, 7) is 3.24. The first kappa shape index (κ1) is 19.8. The van der Waals surface area contributed by atoms with Crippen LogP contribution in [-0.4, -0.2) is 52.4 Å². The van der Waals surface area contributed by atoms with Gasteiger partial charge >= 0.3 is 0 Å². The molecule has 0 spiro atoms. The molecule has 0 saturated carbocycles. The van der Waals surface area contributed by atoms with Crippen molar-refractivity contribution >= 4 is 45.6 Å². The number of aromatic amines is 1. The second-order valence-electron chi connectivity index (χ2n) is 7.39. The monoisotopic (exact) mass is 430 g/mol. The summed E-state index contributed by atoms with van der Waals surface area (Å²) in [6.07, 6.45) is 3.15. The molecule has 10 heteroatoms. The highest BCUT2D eigenvalue weighted by atomic mass is 16.5. The van der Waals surface area contributed by atoms with Crippen molar-refractivity contribution < 1.29 is 9.53 Å². The molecule has 32 heavy (non-hydrogen) atoms. The first-order valence-electron chi connectivity index (χ1n) is 10.2. The smallest absolute Gasteiger partial charge is 0.254 e. The predicted octanol–water partition coefficient (Wildman–Crippen LogP) is 2.78. The topological polar surface area (TPSA) is 134 Å². The number of hydrogen-bond acceptors (Lipinski definition) is 8. The van der Waals surface area contributed by atoms with E-state index in [1.54, 1.807) is 6.20 Å². The Labute approximate surface area is 183 Å². The molecule has 0 bridgehead atoms. The lowest BCUT2D eigenvalue weighted by molar-refractivity contribution is 0.100. The van der Waals surface area contributed by atoms with E-state index < -0.39 is 5.91 Å². The molecule has 1 fully saturated rings. The minimum Gasteiger partial charge on any atom is -0.378 e. The number of primary amides is 1. The summed E-state index contributed by atoms with van der Waals surface area (Å²) < 4.78 is 5.41. The molecule has 0 atom stereocenters. The molecule has 2 aromatic carbocycles. The molecule has 1 aliphatic heterocycles. The van der Waals surface area contributed by atoms with Gasteiger partial charge in [-0.05, 0) is 42.5 Å². The summed E-state index contributed by atoms with van der Waals surface area (Å²) in [5.41, 5.74) is 9.30. The number of aromatic nitrogens is 4. The van der Waals surface area contributed by atoms with Crippen LogP contribution in [0.5, 0.6) is 0 Å². The van der Waals surface area contributed by atoms with E-state index in [0.717, 1.165) is 54.3 Å². The number of rotatable bonds is 6. The van der Waals surface area contributed by atoms with Crippen molar-refractivity contribution in [2.75, 3.05) is 41.8 Å². The Morgan fingerprint density at radius 3 is 2.59 bits per heavy atom. The number of morpholine rings is 1. The van der Waals surface area contributed by atoms with Gasteiger partial charge in [0, 0.05) is 41.7 Å². The van der Waals surface area contributed by atoms with Gasteiger partial charge in [-0.3, -0.25) is 9.89 Å². The summed E-state index contributed by atoms with van der Waals surface area (Å²) in [5, 5.41) is 14.3. The number of amides is 1. The first-order valence-corrected chi connectivity index (χ1v) is 10.2. The molecule has 5 N–H and O–H groups in total. The molecule has 0 radical (unpaired) electrons. The number of nitrogens with one attached hydrogen (secondary N) is 3. The van der Waals surface area contributed by atoms with Gasteiger partial charge in [0.05, 0.1) is 24.9 Å². The third-order valence-corrected chi connectivity index (χ3v) is 5.26. The summed E-state index contributed by atoms with van der Waals surface area (Å²) in [7, 11) is 0. The highest BCUT2D eigenvalue weighted by Crippen LogP contribution is 2.25. The first-order chi connectivity index (χ1) is 15.7. The molecule has 2 aromatic heterocycles. The van der Waals surface area contributed by atoms with Crippen molar-refractivity contribution in [1.29, 1.82) is 0 Å². The Bertz CT molecular complexity index is 1250. The Balaban J connectivity index is 1.36. The van der Waals surface area contributed by atoms with Gasteiger partial charge in [-0.25, -0.2) is 4.98 Å².